The molecule has 21 heavy (non-hydrogen) atoms. The van der Waals surface area contributed by atoms with Crippen molar-refractivity contribution in [1.29, 1.82) is 0 Å². The van der Waals surface area contributed by atoms with Crippen LogP contribution in [0.25, 0.3) is 0 Å². The Morgan fingerprint density at radius 3 is 2.81 bits per heavy atom. The van der Waals surface area contributed by atoms with Crippen molar-refractivity contribution in [2.45, 2.75) is 24.8 Å². The van der Waals surface area contributed by atoms with Crippen molar-refractivity contribution in [3.8, 4) is 0 Å². The van der Waals surface area contributed by atoms with Crippen LogP contribution in [-0.4, -0.2) is 29.9 Å². The lowest BCUT2D eigenvalue weighted by atomic mass is 10.2. The smallest absolute Gasteiger partial charge is 0.265 e. The fourth-order valence-electron chi connectivity index (χ4n) is 1.85. The lowest BCUT2D eigenvalue weighted by Gasteiger charge is -2.07. The highest BCUT2D eigenvalue weighted by molar-refractivity contribution is 7.92. The summed E-state index contributed by atoms with van der Waals surface area (Å²) >= 11 is 0. The molecular formula is C13H16FN3O3S. The van der Waals surface area contributed by atoms with Gasteiger partial charge in [0.25, 0.3) is 10.0 Å². The van der Waals surface area contributed by atoms with Gasteiger partial charge < -0.3 is 5.11 Å². The molecule has 8 heteroatoms. The first-order valence-corrected chi connectivity index (χ1v) is 7.82. The zero-order valence-corrected chi connectivity index (χ0v) is 12.3. The predicted octanol–water partition coefficient (Wildman–Crippen LogP) is 1.51. The van der Waals surface area contributed by atoms with Crippen LogP contribution in [0.15, 0.2) is 35.5 Å². The van der Waals surface area contributed by atoms with Crippen molar-refractivity contribution in [3.05, 3.63) is 42.0 Å². The quantitative estimate of drug-likeness (QED) is 0.847. The maximum absolute atomic E-state index is 13.3. The monoisotopic (exact) mass is 313 g/mol. The maximum Gasteiger partial charge on any atom is 0.265 e. The molecule has 0 atom stereocenters. The maximum atomic E-state index is 13.3. The molecule has 0 aliphatic rings. The predicted molar refractivity (Wildman–Crippen MR) is 75.9 cm³/mol. The van der Waals surface area contributed by atoms with Crippen molar-refractivity contribution in [1.82, 2.24) is 9.78 Å². The van der Waals surface area contributed by atoms with Crippen molar-refractivity contribution in [2.24, 2.45) is 0 Å². The van der Waals surface area contributed by atoms with E-state index in [2.05, 4.69) is 9.82 Å². The molecule has 0 radical (unpaired) electrons. The Balaban J connectivity index is 2.19. The van der Waals surface area contributed by atoms with E-state index in [9.17, 15) is 12.8 Å². The minimum atomic E-state index is -3.81. The molecule has 0 amide bonds. The van der Waals surface area contributed by atoms with E-state index >= 15 is 0 Å². The summed E-state index contributed by atoms with van der Waals surface area (Å²) < 4.78 is 41.4. The zero-order chi connectivity index (χ0) is 15.5. The third-order valence-electron chi connectivity index (χ3n) is 2.76. The van der Waals surface area contributed by atoms with Crippen LogP contribution >= 0.6 is 0 Å². The average Bonchev–Trinajstić information content (AvgIpc) is 2.84. The van der Waals surface area contributed by atoms with Crippen LogP contribution in [0.3, 0.4) is 0 Å². The molecular weight excluding hydrogens is 297 g/mol. The van der Waals surface area contributed by atoms with E-state index in [0.29, 0.717) is 18.5 Å². The topological polar surface area (TPSA) is 84.2 Å². The highest BCUT2D eigenvalue weighted by atomic mass is 32.2. The lowest BCUT2D eigenvalue weighted by Crippen LogP contribution is -2.12. The number of rotatable bonds is 6. The number of nitrogens with one attached hydrogen (secondary N) is 1. The fraction of sp³-hybridized carbons (Fsp3) is 0.308. The van der Waals surface area contributed by atoms with Gasteiger partial charge in [-0.2, -0.15) is 5.10 Å². The van der Waals surface area contributed by atoms with Gasteiger partial charge in [-0.1, -0.05) is 0 Å². The van der Waals surface area contributed by atoms with Gasteiger partial charge in [0.2, 0.25) is 0 Å². The first-order valence-electron chi connectivity index (χ1n) is 6.34. The minimum Gasteiger partial charge on any atom is -0.396 e. The number of aryl methyl sites for hydroxylation is 2. The van der Waals surface area contributed by atoms with Crippen molar-refractivity contribution < 1.29 is 17.9 Å². The molecule has 0 aliphatic heterocycles. The highest BCUT2D eigenvalue weighted by Gasteiger charge is 2.17. The molecule has 0 fully saturated rings. The van der Waals surface area contributed by atoms with Crippen molar-refractivity contribution >= 4 is 15.7 Å². The van der Waals surface area contributed by atoms with Crippen molar-refractivity contribution in [3.63, 3.8) is 0 Å². The number of nitrogens with zero attached hydrogens (tertiary/aromatic N) is 2. The van der Waals surface area contributed by atoms with Gasteiger partial charge in [-0.05, 0) is 37.1 Å². The Hall–Kier alpha value is -1.93. The number of sulfonamides is 1. The minimum absolute atomic E-state index is 0.00274. The Morgan fingerprint density at radius 1 is 1.38 bits per heavy atom. The largest absolute Gasteiger partial charge is 0.396 e. The Bertz CT molecular complexity index is 708. The van der Waals surface area contributed by atoms with Gasteiger partial charge >= 0.3 is 0 Å². The number of anilines is 1. The lowest BCUT2D eigenvalue weighted by molar-refractivity contribution is 0.277. The normalized spacial score (nSPS) is 11.6. The molecule has 114 valence electrons. The van der Waals surface area contributed by atoms with Gasteiger partial charge in [0.1, 0.15) is 10.7 Å². The molecule has 0 aliphatic carbocycles. The van der Waals surface area contributed by atoms with Crippen LogP contribution < -0.4 is 4.72 Å². The second-order valence-electron chi connectivity index (χ2n) is 4.64. The van der Waals surface area contributed by atoms with E-state index in [4.69, 9.17) is 5.11 Å². The summed E-state index contributed by atoms with van der Waals surface area (Å²) in [6.07, 6.45) is 3.06. The SMILES string of the molecule is Cc1cc(F)cc(NS(=O)(=O)c2cnn(CCCO)c2)c1. The number of benzene rings is 1. The second kappa shape index (κ2) is 6.23. The first-order chi connectivity index (χ1) is 9.90. The van der Waals surface area contributed by atoms with Gasteiger partial charge in [0.05, 0.1) is 11.9 Å². The van der Waals surface area contributed by atoms with Crippen molar-refractivity contribution in [2.75, 3.05) is 11.3 Å². The standard InChI is InChI=1S/C13H16FN3O3S/c1-10-5-11(14)7-12(6-10)16-21(19,20)13-8-15-17(9-13)3-2-4-18/h5-9,16,18H,2-4H2,1H3. The molecule has 1 aromatic carbocycles. The van der Waals surface area contributed by atoms with Gasteiger partial charge in [-0.3, -0.25) is 9.40 Å². The van der Waals surface area contributed by atoms with E-state index in [1.54, 1.807) is 6.92 Å². The van der Waals surface area contributed by atoms with Gasteiger partial charge in [-0.15, -0.1) is 0 Å². The second-order valence-corrected chi connectivity index (χ2v) is 6.32. The molecule has 6 nitrogen and oxygen atoms in total. The van der Waals surface area contributed by atoms with Gasteiger partial charge in [-0.25, -0.2) is 12.8 Å². The molecule has 0 saturated heterocycles. The Labute approximate surface area is 122 Å². The van der Waals surface area contributed by atoms with Crippen LogP contribution in [0.2, 0.25) is 0 Å². The molecule has 1 aromatic heterocycles. The highest BCUT2D eigenvalue weighted by Crippen LogP contribution is 2.18. The van der Waals surface area contributed by atoms with Crippen LogP contribution in [0.1, 0.15) is 12.0 Å². The van der Waals surface area contributed by atoms with Gasteiger partial charge in [0, 0.05) is 19.3 Å². The number of aliphatic hydroxyl groups is 1. The van der Waals surface area contributed by atoms with E-state index in [0.717, 1.165) is 6.07 Å². The summed E-state index contributed by atoms with van der Waals surface area (Å²) in [5.74, 6) is -0.508. The average molecular weight is 313 g/mol. The van der Waals surface area contributed by atoms with Crippen LogP contribution in [-0.2, 0) is 16.6 Å². The summed E-state index contributed by atoms with van der Waals surface area (Å²) in [4.78, 5) is -0.0117. The summed E-state index contributed by atoms with van der Waals surface area (Å²) in [6.45, 7) is 2.10. The molecule has 1 heterocycles. The van der Waals surface area contributed by atoms with Crippen LogP contribution in [0.4, 0.5) is 10.1 Å². The molecule has 0 bridgehead atoms. The van der Waals surface area contributed by atoms with E-state index in [1.165, 1.54) is 29.2 Å². The van der Waals surface area contributed by atoms with Crippen LogP contribution in [0, 0.1) is 12.7 Å². The van der Waals surface area contributed by atoms with E-state index in [1.807, 2.05) is 0 Å². The number of aromatic nitrogens is 2. The number of aliphatic hydroxyl groups excluding tert-OH is 1. The number of hydrogen-bond donors (Lipinski definition) is 2. The Morgan fingerprint density at radius 2 is 2.14 bits per heavy atom. The first kappa shape index (κ1) is 15.5. The fourth-order valence-corrected chi connectivity index (χ4v) is 2.84. The third kappa shape index (κ3) is 4.02. The summed E-state index contributed by atoms with van der Waals surface area (Å²) in [5.41, 5.74) is 0.780. The number of hydrogen-bond acceptors (Lipinski definition) is 4. The molecule has 2 N–H and O–H groups in total. The summed E-state index contributed by atoms with van der Waals surface area (Å²) in [5, 5.41) is 12.6. The Kier molecular flexibility index (Phi) is 4.59. The zero-order valence-electron chi connectivity index (χ0n) is 11.5. The molecule has 0 saturated carbocycles. The summed E-state index contributed by atoms with van der Waals surface area (Å²) in [7, 11) is -3.81. The summed E-state index contributed by atoms with van der Waals surface area (Å²) in [6, 6.07) is 3.96. The molecule has 2 rings (SSSR count). The molecule has 0 spiro atoms. The third-order valence-corrected chi connectivity index (χ3v) is 4.10. The molecule has 0 unspecified atom stereocenters. The number of halogens is 1. The van der Waals surface area contributed by atoms with Crippen LogP contribution in [0.5, 0.6) is 0 Å². The molecule has 2 aromatic rings. The van der Waals surface area contributed by atoms with E-state index < -0.39 is 15.8 Å². The van der Waals surface area contributed by atoms with Gasteiger partial charge in [0.15, 0.2) is 0 Å². The van der Waals surface area contributed by atoms with E-state index in [-0.39, 0.29) is 17.2 Å².